The van der Waals surface area contributed by atoms with E-state index in [2.05, 4.69) is 53.5 Å². The fraction of sp³-hybridized carbons (Fsp3) is 0.333. The van der Waals surface area contributed by atoms with E-state index in [0.29, 0.717) is 10.9 Å². The van der Waals surface area contributed by atoms with Gasteiger partial charge in [-0.15, -0.1) is 5.10 Å². The minimum Gasteiger partial charge on any atom is -0.434 e. The van der Waals surface area contributed by atoms with Crippen molar-refractivity contribution >= 4 is 56.4 Å². The van der Waals surface area contributed by atoms with Gasteiger partial charge in [0.05, 0.1) is 6.17 Å². The number of H-pyrrole nitrogens is 1. The van der Waals surface area contributed by atoms with Crippen molar-refractivity contribution < 1.29 is 50.7 Å². The average molecular weight is 696 g/mol. The number of anilines is 2. The molecule has 4 aliphatic rings. The highest BCUT2D eigenvalue weighted by atomic mass is 32.7. The monoisotopic (exact) mass is 696 g/mol. The predicted molar refractivity (Wildman–Crippen MR) is 147 cm³/mol. The molecule has 45 heavy (non-hydrogen) atoms. The largest absolute Gasteiger partial charge is 0.663 e. The Morgan fingerprint density at radius 2 is 2.02 bits per heavy atom. The van der Waals surface area contributed by atoms with Gasteiger partial charge in [0.2, 0.25) is 17.9 Å². The first-order valence-electron chi connectivity index (χ1n) is 12.3. The summed E-state index contributed by atoms with van der Waals surface area (Å²) in [6.07, 6.45) is -3.44. The second-order valence-corrected chi connectivity index (χ2v) is 13.7. The van der Waals surface area contributed by atoms with Crippen molar-refractivity contribution in [1.82, 2.24) is 35.6 Å². The summed E-state index contributed by atoms with van der Waals surface area (Å²) in [5.41, 5.74) is 10.2. The maximum atomic E-state index is 15.8. The van der Waals surface area contributed by atoms with Crippen LogP contribution in [0.25, 0.3) is 17.0 Å². The average Bonchev–Trinajstić information content (AvgIpc) is 3.72. The van der Waals surface area contributed by atoms with Crippen LogP contribution in [0.5, 0.6) is 5.75 Å². The summed E-state index contributed by atoms with van der Waals surface area (Å²) in [5, 5.41) is 22.2. The Hall–Kier alpha value is -3.77. The molecule has 5 atom stereocenters. The van der Waals surface area contributed by atoms with Gasteiger partial charge in [-0.1, -0.05) is 10.4 Å². The SMILES string of the molecule is Nc1nc2c(nnn2C2=C3O[P+](O)(S)OCc4oc(N5N=NC6C5NCN[C@H]6N)c(F)c4O[P+](O)(O)O/C=C(/O2)[C@@H]3F)c(=O)[nH]1. The number of nitrogens with zero attached hydrogens (tertiary/aromatic N) is 7. The summed E-state index contributed by atoms with van der Waals surface area (Å²) < 4.78 is 63.7. The van der Waals surface area contributed by atoms with E-state index in [1.54, 1.807) is 0 Å². The van der Waals surface area contributed by atoms with Crippen LogP contribution in [0.1, 0.15) is 5.76 Å². The number of thiol groups is 1. The minimum absolute atomic E-state index is 0.213. The van der Waals surface area contributed by atoms with Gasteiger partial charge in [0.1, 0.15) is 24.5 Å². The number of rotatable bonds is 2. The lowest BCUT2D eigenvalue weighted by Gasteiger charge is -2.33. The highest BCUT2D eigenvalue weighted by Crippen LogP contribution is 2.66. The number of nitrogens with one attached hydrogen (secondary N) is 3. The van der Waals surface area contributed by atoms with Gasteiger partial charge in [0.25, 0.3) is 28.8 Å². The summed E-state index contributed by atoms with van der Waals surface area (Å²) in [5.74, 6) is -6.04. The fourth-order valence-electron chi connectivity index (χ4n) is 4.49. The van der Waals surface area contributed by atoms with Crippen LogP contribution in [-0.2, 0) is 24.9 Å². The molecule has 27 heteroatoms. The van der Waals surface area contributed by atoms with Gasteiger partial charge in [0, 0.05) is 6.67 Å². The first kappa shape index (κ1) is 29.9. The maximum absolute atomic E-state index is 15.8. The van der Waals surface area contributed by atoms with E-state index in [1.165, 1.54) is 0 Å². The van der Waals surface area contributed by atoms with Crippen molar-refractivity contribution in [2.45, 2.75) is 31.2 Å². The summed E-state index contributed by atoms with van der Waals surface area (Å²) in [7, 11) is -9.51. The zero-order valence-electron chi connectivity index (χ0n) is 21.9. The molecule has 0 aliphatic carbocycles. The van der Waals surface area contributed by atoms with Crippen LogP contribution < -0.4 is 37.2 Å². The molecule has 3 aromatic rings. The number of furan rings is 1. The second kappa shape index (κ2) is 10.7. The molecule has 0 radical (unpaired) electrons. The molecule has 3 aromatic heterocycles. The normalized spacial score (nSPS) is 30.6. The number of ether oxygens (including phenoxy) is 1. The molecule has 1 saturated heterocycles. The Labute approximate surface area is 253 Å². The molecule has 3 unspecified atom stereocenters. The highest BCUT2D eigenvalue weighted by Gasteiger charge is 2.53. The van der Waals surface area contributed by atoms with E-state index in [0.717, 1.165) is 5.01 Å². The van der Waals surface area contributed by atoms with E-state index in [-0.39, 0.29) is 23.8 Å². The van der Waals surface area contributed by atoms with Crippen molar-refractivity contribution in [2.75, 3.05) is 17.4 Å². The Morgan fingerprint density at radius 1 is 1.22 bits per heavy atom. The Kier molecular flexibility index (Phi) is 7.08. The third-order valence-electron chi connectivity index (χ3n) is 6.48. The lowest BCUT2D eigenvalue weighted by molar-refractivity contribution is 0.186. The number of halogens is 2. The van der Waals surface area contributed by atoms with Crippen LogP contribution in [0.4, 0.5) is 20.6 Å². The molecule has 240 valence electrons. The predicted octanol–water partition coefficient (Wildman–Crippen LogP) is -0.614. The number of fused-ring (bicyclic) bond motifs is 5. The number of hydrogen-bond donors (Lipinski definition) is 9. The van der Waals surface area contributed by atoms with Gasteiger partial charge in [-0.3, -0.25) is 29.5 Å². The van der Waals surface area contributed by atoms with Crippen molar-refractivity contribution in [1.29, 1.82) is 0 Å². The second-order valence-electron chi connectivity index (χ2n) is 9.39. The third kappa shape index (κ3) is 5.21. The Morgan fingerprint density at radius 3 is 2.82 bits per heavy atom. The topological polar surface area (TPSA) is 301 Å². The zero-order valence-corrected chi connectivity index (χ0v) is 24.6. The Bertz CT molecular complexity index is 1850. The summed E-state index contributed by atoms with van der Waals surface area (Å²) in [6, 6.07) is -0.664. The molecule has 2 bridgehead atoms. The standard InChI is InChI=1S/C18H19F2N12O10P2S/c19-6-4-1-37-43(34,35)41-10-5(40-16(7(10)20)31-13-8(27-29-31)12(21)23-3-24-13)2-38-44(36,45)42-11(6)17(39-4)32-14-9(28-30-32)15(33)26-18(22)25-14/h1,6,8,12-13,23-24,34-36,45H,2-3,21H2,(H2-,22,25,26,30,33)/q+1/p+1/b4-1+/t6-,8?,12+,13?,44?/m0/s1. The summed E-state index contributed by atoms with van der Waals surface area (Å²) in [4.78, 5) is 50.3. The third-order valence-corrected chi connectivity index (χ3v) is 8.77. The summed E-state index contributed by atoms with van der Waals surface area (Å²) in [6.45, 7) is -0.682. The highest BCUT2D eigenvalue weighted by molar-refractivity contribution is 8.47. The van der Waals surface area contributed by atoms with Crippen LogP contribution in [0, 0.1) is 5.82 Å². The molecule has 22 nitrogen and oxygen atoms in total. The smallest absolute Gasteiger partial charge is 0.434 e. The lowest BCUT2D eigenvalue weighted by atomic mass is 10.1. The van der Waals surface area contributed by atoms with Gasteiger partial charge < -0.3 is 20.6 Å². The molecule has 0 amide bonds. The minimum atomic E-state index is -5.08. The zero-order chi connectivity index (χ0) is 31.8. The van der Waals surface area contributed by atoms with Crippen molar-refractivity contribution in [3.05, 3.63) is 39.7 Å². The number of aromatic amines is 1. The fourth-order valence-corrected chi connectivity index (χ4v) is 6.39. The molecular weight excluding hydrogens is 676 g/mol. The molecule has 7 rings (SSSR count). The molecule has 10 N–H and O–H groups in total. The molecule has 4 aliphatic heterocycles. The molecule has 0 aromatic carbocycles. The van der Waals surface area contributed by atoms with Gasteiger partial charge >= 0.3 is 15.3 Å². The van der Waals surface area contributed by atoms with Gasteiger partial charge in [-0.2, -0.15) is 43.4 Å². The molecule has 0 spiro atoms. The van der Waals surface area contributed by atoms with Crippen molar-refractivity contribution in [2.24, 2.45) is 16.1 Å². The van der Waals surface area contributed by atoms with Crippen LogP contribution in [0.2, 0.25) is 0 Å². The number of nitrogen functional groups attached to an aromatic ring is 1. The molecule has 1 fully saturated rings. The van der Waals surface area contributed by atoms with Gasteiger partial charge in [0.15, 0.2) is 35.6 Å². The van der Waals surface area contributed by atoms with Crippen LogP contribution in [0.3, 0.4) is 0 Å². The quantitative estimate of drug-likeness (QED) is 0.119. The van der Waals surface area contributed by atoms with Gasteiger partial charge in [-0.05, 0) is 0 Å². The van der Waals surface area contributed by atoms with E-state index in [1.807, 2.05) is 0 Å². The number of nitrogens with two attached hydrogens (primary N) is 2. The maximum Gasteiger partial charge on any atom is 0.663 e. The van der Waals surface area contributed by atoms with Gasteiger partial charge in [-0.25, -0.2) is 8.91 Å². The number of hydrogen-bond acceptors (Lipinski definition) is 21. The first-order chi connectivity index (χ1) is 21.3. The van der Waals surface area contributed by atoms with Crippen LogP contribution in [0.15, 0.2) is 37.3 Å². The van der Waals surface area contributed by atoms with E-state index >= 15 is 8.78 Å². The number of aromatic nitrogens is 5. The lowest BCUT2D eigenvalue weighted by Crippen LogP contribution is -2.65. The molecule has 0 saturated carbocycles. The van der Waals surface area contributed by atoms with Crippen LogP contribution in [-0.4, -0.2) is 70.9 Å². The molecule has 7 heterocycles. The van der Waals surface area contributed by atoms with Crippen LogP contribution >= 0.6 is 27.6 Å². The summed E-state index contributed by atoms with van der Waals surface area (Å²) >= 11 is 3.98. The van der Waals surface area contributed by atoms with Crippen molar-refractivity contribution in [3.63, 3.8) is 0 Å². The Balaban J connectivity index is 1.27. The van der Waals surface area contributed by atoms with E-state index in [4.69, 9.17) is 38.7 Å². The van der Waals surface area contributed by atoms with E-state index < -0.39 is 92.6 Å². The van der Waals surface area contributed by atoms with Crippen molar-refractivity contribution in [3.8, 4) is 5.75 Å². The first-order valence-corrected chi connectivity index (χ1v) is 16.6. The molecular formula is C18H20F2N12O10P2S+2. The van der Waals surface area contributed by atoms with E-state index in [9.17, 15) is 19.5 Å². The number of alkyl halides is 1.